The van der Waals surface area contributed by atoms with E-state index in [0.29, 0.717) is 41.9 Å². The third-order valence-corrected chi connectivity index (χ3v) is 5.89. The summed E-state index contributed by atoms with van der Waals surface area (Å²) in [6.45, 7) is 1.02. The van der Waals surface area contributed by atoms with Crippen LogP contribution >= 0.6 is 11.6 Å². The van der Waals surface area contributed by atoms with Crippen LogP contribution in [0.3, 0.4) is 0 Å². The summed E-state index contributed by atoms with van der Waals surface area (Å²) in [6.07, 6.45) is -3.26. The second-order valence-electron chi connectivity index (χ2n) is 7.35. The van der Waals surface area contributed by atoms with Gasteiger partial charge in [0.05, 0.1) is 36.5 Å². The predicted molar refractivity (Wildman–Crippen MR) is 99.3 cm³/mol. The largest absolute Gasteiger partial charge is 0.408 e. The van der Waals surface area contributed by atoms with Crippen LogP contribution in [0.1, 0.15) is 23.7 Å². The van der Waals surface area contributed by atoms with Crippen LogP contribution in [-0.2, 0) is 17.8 Å². The molecule has 0 saturated carbocycles. The number of nitrogens with zero attached hydrogens (tertiary/aromatic N) is 5. The monoisotopic (exact) mass is 427 g/mol. The first-order chi connectivity index (χ1) is 13.8. The SMILES string of the molecule is O=c1cc2nc3n1CCC(C(F)(F)F)N3Cc1ncc(Cl)cc1[C@@H]1COCCN21. The van der Waals surface area contributed by atoms with Gasteiger partial charge in [0.2, 0.25) is 5.95 Å². The number of halogens is 4. The van der Waals surface area contributed by atoms with E-state index in [2.05, 4.69) is 9.97 Å². The fourth-order valence-corrected chi connectivity index (χ4v) is 4.49. The van der Waals surface area contributed by atoms with E-state index in [9.17, 15) is 18.0 Å². The number of anilines is 2. The highest BCUT2D eigenvalue weighted by Gasteiger charge is 2.48. The van der Waals surface area contributed by atoms with Crippen molar-refractivity contribution >= 4 is 23.4 Å². The van der Waals surface area contributed by atoms with E-state index >= 15 is 0 Å². The maximum atomic E-state index is 13.8. The second kappa shape index (κ2) is 6.60. The molecule has 1 saturated heterocycles. The van der Waals surface area contributed by atoms with Gasteiger partial charge in [-0.05, 0) is 12.5 Å². The minimum Gasteiger partial charge on any atom is -0.377 e. The average Bonchev–Trinajstić information content (AvgIpc) is 2.72. The number of hydrogen-bond acceptors (Lipinski definition) is 6. The molecule has 2 aromatic heterocycles. The van der Waals surface area contributed by atoms with Gasteiger partial charge in [0.25, 0.3) is 5.56 Å². The van der Waals surface area contributed by atoms with Crippen LogP contribution in [0, 0.1) is 0 Å². The van der Waals surface area contributed by atoms with Crippen LogP contribution in [0.15, 0.2) is 23.1 Å². The maximum Gasteiger partial charge on any atom is 0.408 e. The molecule has 11 heteroatoms. The number of ether oxygens (including phenoxy) is 1. The summed E-state index contributed by atoms with van der Waals surface area (Å²) in [6, 6.07) is 1.01. The summed E-state index contributed by atoms with van der Waals surface area (Å²) in [4.78, 5) is 24.6. The lowest BCUT2D eigenvalue weighted by atomic mass is 10.0. The zero-order valence-electron chi connectivity index (χ0n) is 15.2. The standard InChI is InChI=1S/C18H17ClF3N5O2/c19-10-5-11-12(23-7-10)8-27-14(18(20,21)22)1-2-26-16(28)6-15(24-17(26)27)25-3-4-29-9-13(11)25/h5-7,13-14H,1-4,8-9H2/t13-,14?/m0/s1. The Morgan fingerprint density at radius 1 is 1.21 bits per heavy atom. The molecule has 7 nitrogen and oxygen atoms in total. The van der Waals surface area contributed by atoms with Crippen LogP contribution in [0.4, 0.5) is 24.9 Å². The van der Waals surface area contributed by atoms with E-state index in [0.717, 1.165) is 4.90 Å². The molecule has 1 fully saturated rings. The molecule has 3 aliphatic rings. The molecule has 0 N–H and O–H groups in total. The summed E-state index contributed by atoms with van der Waals surface area (Å²) >= 11 is 6.16. The minimum atomic E-state index is -4.46. The Bertz CT molecular complexity index is 1030. The zero-order valence-corrected chi connectivity index (χ0v) is 15.9. The molecule has 0 radical (unpaired) electrons. The summed E-state index contributed by atoms with van der Waals surface area (Å²) in [5, 5.41) is 0.388. The van der Waals surface area contributed by atoms with E-state index in [-0.39, 0.29) is 37.1 Å². The van der Waals surface area contributed by atoms with Gasteiger partial charge in [-0.1, -0.05) is 11.6 Å². The predicted octanol–water partition coefficient (Wildman–Crippen LogP) is 2.52. The second-order valence-corrected chi connectivity index (χ2v) is 7.79. The highest BCUT2D eigenvalue weighted by molar-refractivity contribution is 6.30. The highest BCUT2D eigenvalue weighted by atomic mass is 35.5. The van der Waals surface area contributed by atoms with Crippen LogP contribution in [-0.4, -0.2) is 46.5 Å². The Hall–Kier alpha value is -2.33. The third-order valence-electron chi connectivity index (χ3n) is 5.68. The van der Waals surface area contributed by atoms with Crippen molar-refractivity contribution < 1.29 is 17.9 Å². The Kier molecular flexibility index (Phi) is 4.25. The van der Waals surface area contributed by atoms with E-state index in [1.807, 2.05) is 4.90 Å². The third kappa shape index (κ3) is 3.05. The number of hydrogen-bond donors (Lipinski definition) is 0. The van der Waals surface area contributed by atoms with Gasteiger partial charge in [-0.3, -0.25) is 14.3 Å². The maximum absolute atomic E-state index is 13.8. The molecule has 0 aromatic carbocycles. The molecule has 5 heterocycles. The van der Waals surface area contributed by atoms with Gasteiger partial charge < -0.3 is 14.5 Å². The summed E-state index contributed by atoms with van der Waals surface area (Å²) < 4.78 is 48.4. The van der Waals surface area contributed by atoms with Gasteiger partial charge in [-0.25, -0.2) is 0 Å². The Morgan fingerprint density at radius 3 is 2.83 bits per heavy atom. The highest BCUT2D eigenvalue weighted by Crippen LogP contribution is 2.39. The first kappa shape index (κ1) is 18.7. The number of aromatic nitrogens is 3. The van der Waals surface area contributed by atoms with Gasteiger partial charge >= 0.3 is 6.18 Å². The van der Waals surface area contributed by atoms with E-state index in [1.54, 1.807) is 6.07 Å². The normalized spacial score (nSPS) is 23.6. The molecule has 154 valence electrons. The molecule has 0 spiro atoms. The molecule has 3 aliphatic heterocycles. The van der Waals surface area contributed by atoms with Gasteiger partial charge in [-0.2, -0.15) is 18.2 Å². The van der Waals surface area contributed by atoms with Crippen molar-refractivity contribution in [3.05, 3.63) is 45.0 Å². The van der Waals surface area contributed by atoms with Gasteiger partial charge in [-0.15, -0.1) is 0 Å². The average molecular weight is 428 g/mol. The number of alkyl halides is 3. The van der Waals surface area contributed by atoms with Crippen LogP contribution in [0.2, 0.25) is 5.02 Å². The molecule has 2 bridgehead atoms. The van der Waals surface area contributed by atoms with Crippen molar-refractivity contribution in [1.82, 2.24) is 14.5 Å². The molecule has 29 heavy (non-hydrogen) atoms. The molecular formula is C18H17ClF3N5O2. The number of fused-ring (bicyclic) bond motifs is 5. The van der Waals surface area contributed by atoms with Crippen molar-refractivity contribution in [2.75, 3.05) is 29.6 Å². The van der Waals surface area contributed by atoms with Gasteiger partial charge in [0.15, 0.2) is 0 Å². The molecular weight excluding hydrogens is 411 g/mol. The first-order valence-electron chi connectivity index (χ1n) is 9.27. The van der Waals surface area contributed by atoms with Crippen molar-refractivity contribution in [2.45, 2.75) is 37.8 Å². The Balaban J connectivity index is 1.77. The lowest BCUT2D eigenvalue weighted by Gasteiger charge is -2.39. The van der Waals surface area contributed by atoms with Crippen molar-refractivity contribution in [1.29, 1.82) is 0 Å². The van der Waals surface area contributed by atoms with Crippen LogP contribution in [0.5, 0.6) is 0 Å². The smallest absolute Gasteiger partial charge is 0.377 e. The lowest BCUT2D eigenvalue weighted by molar-refractivity contribution is -0.153. The molecule has 2 aromatic rings. The van der Waals surface area contributed by atoms with Gasteiger partial charge in [0.1, 0.15) is 11.9 Å². The summed E-state index contributed by atoms with van der Waals surface area (Å²) in [5.41, 5.74) is 0.791. The number of pyridine rings is 1. The lowest BCUT2D eigenvalue weighted by Crippen LogP contribution is -2.52. The summed E-state index contributed by atoms with van der Waals surface area (Å²) in [7, 11) is 0. The van der Waals surface area contributed by atoms with Crippen molar-refractivity contribution in [3.63, 3.8) is 0 Å². The first-order valence-corrected chi connectivity index (χ1v) is 9.64. The van der Waals surface area contributed by atoms with Crippen molar-refractivity contribution in [2.24, 2.45) is 0 Å². The topological polar surface area (TPSA) is 63.5 Å². The minimum absolute atomic E-state index is 0.0240. The van der Waals surface area contributed by atoms with Crippen LogP contribution < -0.4 is 15.4 Å². The fourth-order valence-electron chi connectivity index (χ4n) is 4.33. The Morgan fingerprint density at radius 2 is 2.03 bits per heavy atom. The van der Waals surface area contributed by atoms with E-state index < -0.39 is 12.2 Å². The molecule has 2 atom stereocenters. The van der Waals surface area contributed by atoms with Crippen LogP contribution in [0.25, 0.3) is 0 Å². The van der Waals surface area contributed by atoms with Gasteiger partial charge in [0, 0.05) is 30.9 Å². The van der Waals surface area contributed by atoms with E-state index in [4.69, 9.17) is 16.3 Å². The number of rotatable bonds is 0. The summed E-state index contributed by atoms with van der Waals surface area (Å²) in [5.74, 6) is 0.367. The van der Waals surface area contributed by atoms with E-state index in [1.165, 1.54) is 16.8 Å². The molecule has 0 amide bonds. The molecule has 5 rings (SSSR count). The van der Waals surface area contributed by atoms with Crippen molar-refractivity contribution in [3.8, 4) is 0 Å². The quantitative estimate of drug-likeness (QED) is 0.644. The fraction of sp³-hybridized carbons (Fsp3) is 0.500. The zero-order chi connectivity index (χ0) is 20.3. The number of morpholine rings is 1. The molecule has 1 unspecified atom stereocenters. The Labute approximate surface area is 168 Å². The molecule has 0 aliphatic carbocycles.